The summed E-state index contributed by atoms with van der Waals surface area (Å²) in [6.07, 6.45) is 2.30. The fourth-order valence-corrected chi connectivity index (χ4v) is 4.41. The van der Waals surface area contributed by atoms with Gasteiger partial charge in [0.15, 0.2) is 0 Å². The first kappa shape index (κ1) is 21.6. The SMILES string of the molecule is CCc1cc(-n2cnc3cc(-c4ccc(Cl)cc4)sc3c2=O)ccc1OCC(C)(C)O. The summed E-state index contributed by atoms with van der Waals surface area (Å²) in [7, 11) is 0. The maximum absolute atomic E-state index is 13.2. The minimum absolute atomic E-state index is 0.109. The smallest absolute Gasteiger partial charge is 0.275 e. The number of hydrogen-bond donors (Lipinski definition) is 1. The Morgan fingerprint density at radius 3 is 2.58 bits per heavy atom. The largest absolute Gasteiger partial charge is 0.490 e. The van der Waals surface area contributed by atoms with E-state index < -0.39 is 5.60 Å². The van der Waals surface area contributed by atoms with Crippen LogP contribution < -0.4 is 10.3 Å². The first-order valence-electron chi connectivity index (χ1n) is 10.0. The Kier molecular flexibility index (Phi) is 5.88. The van der Waals surface area contributed by atoms with Gasteiger partial charge in [-0.05, 0) is 67.8 Å². The number of aryl methyl sites for hydroxylation is 1. The summed E-state index contributed by atoms with van der Waals surface area (Å²) in [5.41, 5.74) is 2.34. The second-order valence-electron chi connectivity index (χ2n) is 8.00. The maximum atomic E-state index is 13.2. The number of benzene rings is 2. The molecular formula is C24H23ClN2O3S. The van der Waals surface area contributed by atoms with E-state index in [2.05, 4.69) is 4.98 Å². The molecule has 0 aliphatic carbocycles. The van der Waals surface area contributed by atoms with Gasteiger partial charge in [0.05, 0.1) is 16.8 Å². The van der Waals surface area contributed by atoms with Crippen LogP contribution in [0.15, 0.2) is 59.7 Å². The minimum atomic E-state index is -0.920. The van der Waals surface area contributed by atoms with E-state index in [-0.39, 0.29) is 12.2 Å². The third-order valence-corrected chi connectivity index (χ3v) is 6.26. The number of hydrogen-bond acceptors (Lipinski definition) is 5. The Labute approximate surface area is 189 Å². The van der Waals surface area contributed by atoms with Crippen LogP contribution in [0, 0.1) is 0 Å². The molecule has 0 amide bonds. The molecule has 2 aromatic carbocycles. The lowest BCUT2D eigenvalue weighted by Gasteiger charge is -2.19. The van der Waals surface area contributed by atoms with E-state index in [1.165, 1.54) is 11.3 Å². The number of rotatable bonds is 6. The minimum Gasteiger partial charge on any atom is -0.490 e. The highest BCUT2D eigenvalue weighted by Gasteiger charge is 2.16. The lowest BCUT2D eigenvalue weighted by Crippen LogP contribution is -2.28. The molecule has 160 valence electrons. The highest BCUT2D eigenvalue weighted by Crippen LogP contribution is 2.32. The molecule has 31 heavy (non-hydrogen) atoms. The molecule has 0 radical (unpaired) electrons. The average molecular weight is 455 g/mol. The van der Waals surface area contributed by atoms with Crippen LogP contribution in [0.2, 0.25) is 5.02 Å². The monoisotopic (exact) mass is 454 g/mol. The van der Waals surface area contributed by atoms with Gasteiger partial charge in [-0.15, -0.1) is 11.3 Å². The van der Waals surface area contributed by atoms with E-state index in [1.807, 2.05) is 55.5 Å². The zero-order valence-electron chi connectivity index (χ0n) is 17.6. The van der Waals surface area contributed by atoms with Gasteiger partial charge in [-0.25, -0.2) is 4.98 Å². The van der Waals surface area contributed by atoms with Gasteiger partial charge in [0.2, 0.25) is 0 Å². The molecule has 5 nitrogen and oxygen atoms in total. The molecule has 7 heteroatoms. The van der Waals surface area contributed by atoms with Crippen molar-refractivity contribution < 1.29 is 9.84 Å². The molecular weight excluding hydrogens is 432 g/mol. The first-order valence-corrected chi connectivity index (χ1v) is 11.2. The highest BCUT2D eigenvalue weighted by molar-refractivity contribution is 7.22. The van der Waals surface area contributed by atoms with Crippen LogP contribution in [0.3, 0.4) is 0 Å². The molecule has 2 aromatic heterocycles. The molecule has 2 heterocycles. The molecule has 4 rings (SSSR count). The number of ether oxygens (including phenoxy) is 1. The molecule has 0 unspecified atom stereocenters. The summed E-state index contributed by atoms with van der Waals surface area (Å²) in [6, 6.07) is 15.1. The third-order valence-electron chi connectivity index (χ3n) is 4.85. The lowest BCUT2D eigenvalue weighted by atomic mass is 10.1. The van der Waals surface area contributed by atoms with Crippen LogP contribution in [0.4, 0.5) is 0 Å². The summed E-state index contributed by atoms with van der Waals surface area (Å²) in [4.78, 5) is 18.7. The normalized spacial score (nSPS) is 11.8. The van der Waals surface area contributed by atoms with Crippen molar-refractivity contribution in [3.63, 3.8) is 0 Å². The fourth-order valence-electron chi connectivity index (χ4n) is 3.24. The van der Waals surface area contributed by atoms with Crippen LogP contribution in [-0.4, -0.2) is 26.9 Å². The second kappa shape index (κ2) is 8.46. The van der Waals surface area contributed by atoms with Crippen molar-refractivity contribution >= 4 is 33.2 Å². The molecule has 0 fully saturated rings. The van der Waals surface area contributed by atoms with Gasteiger partial charge in [-0.3, -0.25) is 9.36 Å². The van der Waals surface area contributed by atoms with Crippen molar-refractivity contribution in [3.8, 4) is 21.9 Å². The van der Waals surface area contributed by atoms with E-state index in [0.29, 0.717) is 21.0 Å². The zero-order chi connectivity index (χ0) is 22.2. The number of nitrogens with zero attached hydrogens (tertiary/aromatic N) is 2. The van der Waals surface area contributed by atoms with Crippen LogP contribution in [0.5, 0.6) is 5.75 Å². The van der Waals surface area contributed by atoms with E-state index in [9.17, 15) is 9.90 Å². The summed E-state index contributed by atoms with van der Waals surface area (Å²) >= 11 is 7.41. The lowest BCUT2D eigenvalue weighted by molar-refractivity contribution is 0.0282. The molecule has 1 N–H and O–H groups in total. The van der Waals surface area contributed by atoms with E-state index >= 15 is 0 Å². The van der Waals surface area contributed by atoms with Gasteiger partial charge in [-0.1, -0.05) is 30.7 Å². The van der Waals surface area contributed by atoms with Crippen LogP contribution in [0.25, 0.3) is 26.3 Å². The predicted molar refractivity (Wildman–Crippen MR) is 127 cm³/mol. The average Bonchev–Trinajstić information content (AvgIpc) is 3.18. The number of halogens is 1. The number of fused-ring (bicyclic) bond motifs is 1. The van der Waals surface area contributed by atoms with Gasteiger partial charge in [-0.2, -0.15) is 0 Å². The Morgan fingerprint density at radius 1 is 1.16 bits per heavy atom. The number of thiophene rings is 1. The maximum Gasteiger partial charge on any atom is 0.275 e. The summed E-state index contributed by atoms with van der Waals surface area (Å²) in [5.74, 6) is 0.705. The van der Waals surface area contributed by atoms with Crippen molar-refractivity contribution in [3.05, 3.63) is 75.8 Å². The Hall–Kier alpha value is -2.67. The number of aliphatic hydroxyl groups is 1. The van der Waals surface area contributed by atoms with Crippen LogP contribution in [0.1, 0.15) is 26.3 Å². The summed E-state index contributed by atoms with van der Waals surface area (Å²) < 4.78 is 7.95. The third kappa shape index (κ3) is 4.66. The highest BCUT2D eigenvalue weighted by atomic mass is 35.5. The molecule has 4 aromatic rings. The van der Waals surface area contributed by atoms with Crippen LogP contribution in [-0.2, 0) is 6.42 Å². The van der Waals surface area contributed by atoms with E-state index in [0.717, 1.165) is 28.1 Å². The second-order valence-corrected chi connectivity index (χ2v) is 9.49. The Balaban J connectivity index is 1.71. The standard InChI is InChI=1S/C24H23ClN2O3S/c1-4-15-11-18(9-10-20(15)30-13-24(2,3)29)27-14-26-19-12-21(31-22(19)23(27)28)16-5-7-17(25)8-6-16/h5-12,14,29H,4,13H2,1-3H3. The summed E-state index contributed by atoms with van der Waals surface area (Å²) in [6.45, 7) is 5.62. The molecule has 0 atom stereocenters. The van der Waals surface area contributed by atoms with Gasteiger partial charge in [0.1, 0.15) is 23.4 Å². The predicted octanol–water partition coefficient (Wildman–Crippen LogP) is 5.48. The number of aromatic nitrogens is 2. The zero-order valence-corrected chi connectivity index (χ0v) is 19.1. The molecule has 0 aliphatic rings. The van der Waals surface area contributed by atoms with Crippen LogP contribution >= 0.6 is 22.9 Å². The van der Waals surface area contributed by atoms with Gasteiger partial charge < -0.3 is 9.84 Å². The van der Waals surface area contributed by atoms with Gasteiger partial charge in [0, 0.05) is 9.90 Å². The van der Waals surface area contributed by atoms with Crippen molar-refractivity contribution in [2.45, 2.75) is 32.8 Å². The quantitative estimate of drug-likeness (QED) is 0.419. The van der Waals surface area contributed by atoms with Crippen molar-refractivity contribution in [2.75, 3.05) is 6.61 Å². The fraction of sp³-hybridized carbons (Fsp3) is 0.250. The molecule has 0 spiro atoms. The first-order chi connectivity index (χ1) is 14.7. The van der Waals surface area contributed by atoms with Gasteiger partial charge >= 0.3 is 0 Å². The molecule has 0 aliphatic heterocycles. The summed E-state index contributed by atoms with van der Waals surface area (Å²) in [5, 5.41) is 10.6. The molecule has 0 bridgehead atoms. The van der Waals surface area contributed by atoms with Crippen molar-refractivity contribution in [1.29, 1.82) is 0 Å². The molecule has 0 saturated heterocycles. The van der Waals surface area contributed by atoms with E-state index in [1.54, 1.807) is 24.7 Å². The Morgan fingerprint density at radius 2 is 1.90 bits per heavy atom. The van der Waals surface area contributed by atoms with Crippen molar-refractivity contribution in [2.24, 2.45) is 0 Å². The van der Waals surface area contributed by atoms with E-state index in [4.69, 9.17) is 16.3 Å². The molecule has 0 saturated carbocycles. The van der Waals surface area contributed by atoms with Crippen molar-refractivity contribution in [1.82, 2.24) is 9.55 Å². The topological polar surface area (TPSA) is 64.4 Å². The Bertz CT molecular complexity index is 1290. The van der Waals surface area contributed by atoms with Gasteiger partial charge in [0.25, 0.3) is 5.56 Å².